The SMILES string of the molecule is C=C1C[C@](OC)([C@@H]2O[C@H]([C@H]3O[C@H](C[C@@H](O)CO)C(C)(C)[C@H](OC)[C@H]3O)NC2=O)O[C@H](C)[C@@H]1C. The largest absolute Gasteiger partial charge is 0.394 e. The topological polar surface area (TPSA) is 136 Å². The van der Waals surface area contributed by atoms with Crippen molar-refractivity contribution in [3.63, 3.8) is 0 Å². The van der Waals surface area contributed by atoms with E-state index in [-0.39, 0.29) is 24.9 Å². The molecule has 0 saturated carbocycles. The highest BCUT2D eigenvalue weighted by Gasteiger charge is 2.59. The molecule has 0 aromatic rings. The Labute approximate surface area is 195 Å². The molecule has 10 nitrogen and oxygen atoms in total. The molecule has 0 bridgehead atoms. The molecule has 0 aromatic carbocycles. The predicted molar refractivity (Wildman–Crippen MR) is 117 cm³/mol. The van der Waals surface area contributed by atoms with Crippen LogP contribution in [-0.4, -0.2) is 96.8 Å². The number of amides is 1. The second-order valence-electron chi connectivity index (χ2n) is 10.0. The van der Waals surface area contributed by atoms with Crippen LogP contribution in [0.3, 0.4) is 0 Å². The van der Waals surface area contributed by atoms with E-state index in [1.54, 1.807) is 0 Å². The molecule has 10 atom stereocenters. The monoisotopic (exact) mass is 473 g/mol. The number of hydrogen-bond donors (Lipinski definition) is 4. The van der Waals surface area contributed by atoms with Crippen LogP contribution in [0.2, 0.25) is 0 Å². The van der Waals surface area contributed by atoms with Gasteiger partial charge in [-0.25, -0.2) is 0 Å². The molecule has 0 spiro atoms. The number of rotatable bonds is 7. The van der Waals surface area contributed by atoms with E-state index in [4.69, 9.17) is 23.7 Å². The first-order chi connectivity index (χ1) is 15.4. The van der Waals surface area contributed by atoms with Crippen molar-refractivity contribution in [2.45, 2.75) is 95.3 Å². The van der Waals surface area contributed by atoms with E-state index in [0.29, 0.717) is 0 Å². The van der Waals surface area contributed by atoms with Crippen molar-refractivity contribution in [2.24, 2.45) is 11.3 Å². The van der Waals surface area contributed by atoms with Crippen molar-refractivity contribution < 1.29 is 43.8 Å². The summed E-state index contributed by atoms with van der Waals surface area (Å²) in [5, 5.41) is 33.2. The van der Waals surface area contributed by atoms with E-state index in [9.17, 15) is 20.1 Å². The van der Waals surface area contributed by atoms with Crippen LogP contribution < -0.4 is 5.32 Å². The van der Waals surface area contributed by atoms with Crippen LogP contribution in [0.15, 0.2) is 12.2 Å². The summed E-state index contributed by atoms with van der Waals surface area (Å²) in [5.74, 6) is -1.70. The zero-order valence-electron chi connectivity index (χ0n) is 20.3. The number of aliphatic hydroxyl groups is 3. The number of aliphatic hydroxyl groups excluding tert-OH is 3. The molecule has 1 amide bonds. The van der Waals surface area contributed by atoms with Gasteiger partial charge in [0.15, 0.2) is 12.3 Å². The molecule has 190 valence electrons. The van der Waals surface area contributed by atoms with Gasteiger partial charge in [-0.3, -0.25) is 4.79 Å². The molecule has 3 aliphatic heterocycles. The molecule has 0 aromatic heterocycles. The molecular weight excluding hydrogens is 434 g/mol. The second-order valence-corrected chi connectivity index (χ2v) is 10.0. The highest BCUT2D eigenvalue weighted by atomic mass is 16.7. The Bertz CT molecular complexity index is 731. The summed E-state index contributed by atoms with van der Waals surface area (Å²) in [7, 11) is 2.94. The van der Waals surface area contributed by atoms with Crippen molar-refractivity contribution in [1.82, 2.24) is 5.32 Å². The highest BCUT2D eigenvalue weighted by Crippen LogP contribution is 2.44. The predicted octanol–water partition coefficient (Wildman–Crippen LogP) is 0.0841. The number of hydrogen-bond acceptors (Lipinski definition) is 9. The number of carbonyl (C=O) groups excluding carboxylic acids is 1. The first-order valence-electron chi connectivity index (χ1n) is 11.4. The maximum atomic E-state index is 13.0. The Balaban J connectivity index is 1.84. The standard InChI is InChI=1S/C23H39NO9/c1-11-9-23(30-7,33-13(3)12(11)2)19-20(28)24-21(32-19)17-16(27)18(29-6)22(4,5)15(31-17)8-14(26)10-25/h12-19,21,25-27H,1,8-10H2,2-7H3,(H,24,28)/t12-,13-,14-,15-,16+,17+,18-,19-,21-,23-/m1/s1. The van der Waals surface area contributed by atoms with Crippen molar-refractivity contribution >= 4 is 5.91 Å². The Hall–Kier alpha value is -1.11. The van der Waals surface area contributed by atoms with Crippen LogP contribution >= 0.6 is 0 Å². The third-order valence-corrected chi connectivity index (χ3v) is 7.54. The fourth-order valence-electron chi connectivity index (χ4n) is 5.19. The van der Waals surface area contributed by atoms with E-state index >= 15 is 0 Å². The fourth-order valence-corrected chi connectivity index (χ4v) is 5.19. The van der Waals surface area contributed by atoms with E-state index in [2.05, 4.69) is 11.9 Å². The quantitative estimate of drug-likeness (QED) is 0.379. The Morgan fingerprint density at radius 2 is 1.94 bits per heavy atom. The van der Waals surface area contributed by atoms with Crippen LogP contribution in [0.1, 0.15) is 40.5 Å². The van der Waals surface area contributed by atoms with Gasteiger partial charge in [0.1, 0.15) is 12.2 Å². The van der Waals surface area contributed by atoms with E-state index < -0.39 is 66.6 Å². The van der Waals surface area contributed by atoms with E-state index in [0.717, 1.165) is 5.57 Å². The van der Waals surface area contributed by atoms with Crippen LogP contribution in [0.25, 0.3) is 0 Å². The van der Waals surface area contributed by atoms with Gasteiger partial charge in [-0.1, -0.05) is 32.9 Å². The van der Waals surface area contributed by atoms with Crippen LogP contribution in [0, 0.1) is 11.3 Å². The average molecular weight is 474 g/mol. The Kier molecular flexibility index (Phi) is 7.92. The highest BCUT2D eigenvalue weighted by molar-refractivity contribution is 5.84. The maximum absolute atomic E-state index is 13.0. The summed E-state index contributed by atoms with van der Waals surface area (Å²) in [6, 6.07) is 0. The summed E-state index contributed by atoms with van der Waals surface area (Å²) in [4.78, 5) is 13.0. The fraction of sp³-hybridized carbons (Fsp3) is 0.870. The smallest absolute Gasteiger partial charge is 0.256 e. The van der Waals surface area contributed by atoms with Gasteiger partial charge < -0.3 is 44.3 Å². The first-order valence-corrected chi connectivity index (χ1v) is 11.4. The number of carbonyl (C=O) groups is 1. The van der Waals surface area contributed by atoms with Crippen LogP contribution in [-0.2, 0) is 28.5 Å². The van der Waals surface area contributed by atoms with Gasteiger partial charge in [0.2, 0.25) is 5.79 Å². The Morgan fingerprint density at radius 3 is 2.48 bits per heavy atom. The lowest BCUT2D eigenvalue weighted by Crippen LogP contribution is -2.64. The molecule has 3 saturated heterocycles. The molecule has 0 aliphatic carbocycles. The minimum absolute atomic E-state index is 0.0976. The molecule has 10 heteroatoms. The molecule has 3 aliphatic rings. The lowest BCUT2D eigenvalue weighted by molar-refractivity contribution is -0.314. The van der Waals surface area contributed by atoms with Crippen molar-refractivity contribution in [2.75, 3.05) is 20.8 Å². The molecular formula is C23H39NO9. The van der Waals surface area contributed by atoms with Gasteiger partial charge in [-0.05, 0) is 6.92 Å². The van der Waals surface area contributed by atoms with Crippen LogP contribution in [0.5, 0.6) is 0 Å². The average Bonchev–Trinajstić information content (AvgIpc) is 3.15. The minimum Gasteiger partial charge on any atom is -0.394 e. The van der Waals surface area contributed by atoms with Crippen molar-refractivity contribution in [3.8, 4) is 0 Å². The minimum atomic E-state index is -1.35. The molecule has 0 radical (unpaired) electrons. The van der Waals surface area contributed by atoms with Gasteiger partial charge in [0.05, 0.1) is 31.0 Å². The molecule has 33 heavy (non-hydrogen) atoms. The van der Waals surface area contributed by atoms with Gasteiger partial charge in [0, 0.05) is 38.4 Å². The molecule has 0 unspecified atom stereocenters. The van der Waals surface area contributed by atoms with Crippen molar-refractivity contribution in [1.29, 1.82) is 0 Å². The van der Waals surface area contributed by atoms with Crippen LogP contribution in [0.4, 0.5) is 0 Å². The summed E-state index contributed by atoms with van der Waals surface area (Å²) in [6.07, 6.45) is -6.30. The van der Waals surface area contributed by atoms with E-state index in [1.165, 1.54) is 14.2 Å². The normalized spacial score (nSPS) is 44.5. The van der Waals surface area contributed by atoms with Gasteiger partial charge in [-0.2, -0.15) is 0 Å². The summed E-state index contributed by atoms with van der Waals surface area (Å²) < 4.78 is 29.7. The molecule has 3 rings (SSSR count). The number of ether oxygens (including phenoxy) is 5. The zero-order valence-corrected chi connectivity index (χ0v) is 20.3. The first kappa shape index (κ1) is 26.5. The van der Waals surface area contributed by atoms with Gasteiger partial charge in [0.25, 0.3) is 5.91 Å². The summed E-state index contributed by atoms with van der Waals surface area (Å²) >= 11 is 0. The zero-order chi connectivity index (χ0) is 24.7. The number of nitrogens with one attached hydrogen (secondary N) is 1. The lowest BCUT2D eigenvalue weighted by Gasteiger charge is -2.51. The third kappa shape index (κ3) is 4.72. The second kappa shape index (κ2) is 9.87. The van der Waals surface area contributed by atoms with E-state index in [1.807, 2.05) is 27.7 Å². The molecule has 4 N–H and O–H groups in total. The maximum Gasteiger partial charge on any atom is 0.256 e. The Morgan fingerprint density at radius 1 is 1.27 bits per heavy atom. The van der Waals surface area contributed by atoms with Gasteiger partial charge in [-0.15, -0.1) is 0 Å². The van der Waals surface area contributed by atoms with Crippen molar-refractivity contribution in [3.05, 3.63) is 12.2 Å². The number of methoxy groups -OCH3 is 2. The van der Waals surface area contributed by atoms with Gasteiger partial charge >= 0.3 is 0 Å². The summed E-state index contributed by atoms with van der Waals surface area (Å²) in [6.45, 7) is 11.3. The third-order valence-electron chi connectivity index (χ3n) is 7.54. The molecule has 3 fully saturated rings. The lowest BCUT2D eigenvalue weighted by atomic mass is 9.72. The molecule has 3 heterocycles. The summed E-state index contributed by atoms with van der Waals surface area (Å²) in [5.41, 5.74) is 0.204.